The van der Waals surface area contributed by atoms with E-state index in [1.54, 1.807) is 0 Å². The van der Waals surface area contributed by atoms with E-state index < -0.39 is 0 Å². The van der Waals surface area contributed by atoms with Crippen molar-refractivity contribution in [2.45, 2.75) is 320 Å². The standard InChI is InChI=1S/4C6H14.4C5H10.4C2H6.8CH3.4Y/c4*1-5-6(2,3)4;4*1-2-4-5-3-1;4*1-2;;;;;;;;;;;;/h4*5H2,1-4H3;4*1-5H2;4*1-2H3;8*1H3;;;;/q;;;;;;;;;;;;8*-1;;;;. The molecule has 0 heterocycles. The van der Waals surface area contributed by atoms with Gasteiger partial charge in [0.15, 0.2) is 0 Å². The molecule has 4 aliphatic rings. The van der Waals surface area contributed by atoms with Crippen molar-refractivity contribution in [2.24, 2.45) is 21.7 Å². The van der Waals surface area contributed by atoms with Crippen molar-refractivity contribution in [2.75, 3.05) is 0 Å². The molecule has 0 aromatic carbocycles. The topological polar surface area (TPSA) is 0 Å². The predicted molar refractivity (Wildman–Crippen MR) is 308 cm³/mol. The average molecular weight is 1220 g/mol. The van der Waals surface area contributed by atoms with E-state index in [1.165, 1.54) is 154 Å². The molecule has 0 aliphatic heterocycles. The summed E-state index contributed by atoms with van der Waals surface area (Å²) >= 11 is 0. The van der Waals surface area contributed by atoms with Crippen LogP contribution in [0.2, 0.25) is 0 Å². The third-order valence-corrected chi connectivity index (χ3v) is 9.24. The van der Waals surface area contributed by atoms with Crippen molar-refractivity contribution in [1.82, 2.24) is 0 Å². The van der Waals surface area contributed by atoms with Gasteiger partial charge >= 0.3 is 0 Å². The molecule has 0 N–H and O–H groups in total. The first-order valence-corrected chi connectivity index (χ1v) is 24.2. The summed E-state index contributed by atoms with van der Waals surface area (Å²) in [4.78, 5) is 0. The van der Waals surface area contributed by atoms with Crippen molar-refractivity contribution >= 4 is 0 Å². The zero-order valence-corrected chi connectivity index (χ0v) is 64.6. The molecule has 4 fully saturated rings. The Morgan fingerprint density at radius 3 is 0.234 bits per heavy atom. The maximum Gasteiger partial charge on any atom is 0 e. The Bertz CT molecular complexity index is 377. The second-order valence-electron chi connectivity index (χ2n) is 18.7. The molecule has 64 heavy (non-hydrogen) atoms. The van der Waals surface area contributed by atoms with Gasteiger partial charge in [-0.05, 0) is 21.7 Å². The van der Waals surface area contributed by atoms with Crippen molar-refractivity contribution in [3.8, 4) is 0 Å². The van der Waals surface area contributed by atoms with E-state index in [0.29, 0.717) is 21.7 Å². The molecule has 0 amide bonds. The van der Waals surface area contributed by atoms with Crippen LogP contribution in [-0.2, 0) is 131 Å². The maximum absolute atomic E-state index is 2.24. The Hall–Kier alpha value is 4.42. The van der Waals surface area contributed by atoms with E-state index in [9.17, 15) is 0 Å². The minimum absolute atomic E-state index is 0. The number of hydrogen-bond donors (Lipinski definition) is 0. The van der Waals surface area contributed by atoms with Gasteiger partial charge < -0.3 is 59.4 Å². The Morgan fingerprint density at radius 1 is 0.188 bits per heavy atom. The monoisotopic (exact) mass is 1220 g/mol. The minimum Gasteiger partial charge on any atom is -0.358 e. The summed E-state index contributed by atoms with van der Waals surface area (Å²) < 4.78 is 0. The third-order valence-electron chi connectivity index (χ3n) is 9.24. The molecule has 4 saturated carbocycles. The summed E-state index contributed by atoms with van der Waals surface area (Å²) in [5.74, 6) is 0. The van der Waals surface area contributed by atoms with Crippen LogP contribution >= 0.6 is 0 Å². The molecule has 0 aromatic heterocycles. The molecular formula is C60H144Y4-8. The molecule has 0 saturated heterocycles. The summed E-state index contributed by atoms with van der Waals surface area (Å²) in [5, 5.41) is 0. The summed E-state index contributed by atoms with van der Waals surface area (Å²) in [6.07, 6.45) is 35.1. The van der Waals surface area contributed by atoms with Gasteiger partial charge in [0.05, 0.1) is 0 Å². The number of rotatable bonds is 0. The molecule has 0 nitrogen and oxygen atoms in total. The van der Waals surface area contributed by atoms with E-state index in [2.05, 4.69) is 111 Å². The zero-order chi connectivity index (χ0) is 43.0. The Balaban J connectivity index is -0.0000000183. The molecule has 0 atom stereocenters. The van der Waals surface area contributed by atoms with Crippen molar-refractivity contribution in [1.29, 1.82) is 0 Å². The van der Waals surface area contributed by atoms with Gasteiger partial charge in [0.25, 0.3) is 0 Å². The van der Waals surface area contributed by atoms with Crippen LogP contribution in [0.25, 0.3) is 0 Å². The van der Waals surface area contributed by atoms with Gasteiger partial charge in [-0.15, -0.1) is 0 Å². The van der Waals surface area contributed by atoms with Crippen molar-refractivity contribution < 1.29 is 131 Å². The van der Waals surface area contributed by atoms with E-state index in [0.717, 1.165) is 0 Å². The first-order chi connectivity index (χ1) is 24.2. The van der Waals surface area contributed by atoms with E-state index in [-0.39, 0.29) is 190 Å². The van der Waals surface area contributed by atoms with Crippen LogP contribution in [0.5, 0.6) is 0 Å². The summed E-state index contributed by atoms with van der Waals surface area (Å²) in [5.41, 5.74) is 2.17. The molecule has 4 rings (SSSR count). The second-order valence-corrected chi connectivity index (χ2v) is 18.7. The summed E-state index contributed by atoms with van der Waals surface area (Å²) in [6.45, 7) is 51.8. The fraction of sp³-hybridized carbons (Fsp3) is 0.867. The molecule has 0 aromatic rings. The average Bonchev–Trinajstić information content (AvgIpc) is 3.98. The molecule has 0 bridgehead atoms. The largest absolute Gasteiger partial charge is 0.358 e. The van der Waals surface area contributed by atoms with Crippen molar-refractivity contribution in [3.05, 3.63) is 59.4 Å². The van der Waals surface area contributed by atoms with Crippen LogP contribution in [0.4, 0.5) is 0 Å². The normalized spacial score (nSPS) is 12.4. The van der Waals surface area contributed by atoms with Crippen LogP contribution in [0, 0.1) is 81.1 Å². The van der Waals surface area contributed by atoms with E-state index >= 15 is 0 Å². The first-order valence-electron chi connectivity index (χ1n) is 24.2. The molecule has 4 aliphatic carbocycles. The maximum atomic E-state index is 2.24. The fourth-order valence-electron chi connectivity index (χ4n) is 3.54. The molecule has 4 radical (unpaired) electrons. The van der Waals surface area contributed by atoms with Crippen molar-refractivity contribution in [3.63, 3.8) is 0 Å². The summed E-state index contributed by atoms with van der Waals surface area (Å²) in [6, 6.07) is 0. The first kappa shape index (κ1) is 133. The van der Waals surface area contributed by atoms with Crippen LogP contribution in [0.15, 0.2) is 0 Å². The smallest absolute Gasteiger partial charge is 0 e. The third kappa shape index (κ3) is 214. The van der Waals surface area contributed by atoms with Gasteiger partial charge in [0, 0.05) is 131 Å². The second kappa shape index (κ2) is 108. The SMILES string of the molecule is C1CCCC1.C1CCCC1.C1CCCC1.C1CCCC1.CC.CC.CC.CC.CCC(C)(C)C.CCC(C)(C)C.CCC(C)(C)C.CCC(C)(C)C.[CH3-].[CH3-].[CH3-].[CH3-].[CH3-].[CH3-].[CH3-].[CH3-].[Y].[Y].[Y].[Y]. The Labute approximate surface area is 525 Å². The molecule has 0 unspecified atom stereocenters. The van der Waals surface area contributed by atoms with Gasteiger partial charge in [0.2, 0.25) is 0 Å². The molecule has 0 spiro atoms. The molecular weight excluding hydrogens is 1080 g/mol. The zero-order valence-electron chi connectivity index (χ0n) is 53.3. The predicted octanol–water partition coefficient (Wildman–Crippen LogP) is 25.3. The van der Waals surface area contributed by atoms with Crippen LogP contribution in [0.3, 0.4) is 0 Å². The Morgan fingerprint density at radius 2 is 0.219 bits per heavy atom. The van der Waals surface area contributed by atoms with Gasteiger partial charge in [-0.3, -0.25) is 0 Å². The van der Waals surface area contributed by atoms with Crippen LogP contribution in [-0.4, -0.2) is 0 Å². The quantitative estimate of drug-likeness (QED) is 0.212. The van der Waals surface area contributed by atoms with Crippen LogP contribution < -0.4 is 0 Å². The molecule has 4 heteroatoms. The Kier molecular flexibility index (Phi) is 224. The van der Waals surface area contributed by atoms with Gasteiger partial charge in [0.1, 0.15) is 0 Å². The van der Waals surface area contributed by atoms with Gasteiger partial charge in [-0.1, -0.05) is 320 Å². The van der Waals surface area contributed by atoms with E-state index in [1.807, 2.05) is 55.4 Å². The summed E-state index contributed by atoms with van der Waals surface area (Å²) in [7, 11) is 0. The fourth-order valence-corrected chi connectivity index (χ4v) is 3.54. The van der Waals surface area contributed by atoms with Crippen LogP contribution in [0.1, 0.15) is 320 Å². The molecule has 404 valence electrons. The van der Waals surface area contributed by atoms with Gasteiger partial charge in [-0.25, -0.2) is 0 Å². The number of hydrogen-bond acceptors (Lipinski definition) is 0. The van der Waals surface area contributed by atoms with Gasteiger partial charge in [-0.2, -0.15) is 0 Å². The van der Waals surface area contributed by atoms with E-state index in [4.69, 9.17) is 0 Å². The minimum atomic E-state index is 0.